The largest absolute Gasteiger partial charge is 0.393 e. The van der Waals surface area contributed by atoms with Gasteiger partial charge in [-0.3, -0.25) is 4.79 Å². The Kier molecular flexibility index (Phi) is 6.88. The lowest BCUT2D eigenvalue weighted by Crippen LogP contribution is -2.38. The molecule has 1 aromatic carbocycles. The molecule has 128 valence electrons. The molecular weight excluding hydrogens is 312 g/mol. The van der Waals surface area contributed by atoms with Crippen LogP contribution in [0.25, 0.3) is 0 Å². The Morgan fingerprint density at radius 3 is 2.43 bits per heavy atom. The standard InChI is InChI=1S/C18H26N2O2.ClH/c21-17-7-5-16(6-8-17)20-18(22)15-3-1-13(2-4-15)11-14-9-10-19-12-14;/h1-4,14,16-17,19,21H,5-12H2,(H,20,22);1H. The van der Waals surface area contributed by atoms with Crippen LogP contribution in [-0.4, -0.2) is 36.2 Å². The Labute approximate surface area is 144 Å². The molecule has 1 unspecified atom stereocenters. The second-order valence-corrected chi connectivity index (χ2v) is 6.74. The molecule has 1 atom stereocenters. The maximum Gasteiger partial charge on any atom is 0.251 e. The molecule has 1 saturated heterocycles. The fraction of sp³-hybridized carbons (Fsp3) is 0.611. The quantitative estimate of drug-likeness (QED) is 0.789. The van der Waals surface area contributed by atoms with E-state index in [-0.39, 0.29) is 30.5 Å². The summed E-state index contributed by atoms with van der Waals surface area (Å²) in [6.07, 6.45) is 5.49. The zero-order valence-corrected chi connectivity index (χ0v) is 14.3. The Hall–Kier alpha value is -1.10. The van der Waals surface area contributed by atoms with Crippen molar-refractivity contribution in [2.24, 2.45) is 5.92 Å². The van der Waals surface area contributed by atoms with Crippen LogP contribution in [0.15, 0.2) is 24.3 Å². The average molecular weight is 339 g/mol. The Morgan fingerprint density at radius 2 is 1.83 bits per heavy atom. The molecule has 2 aliphatic rings. The van der Waals surface area contributed by atoms with Crippen molar-refractivity contribution < 1.29 is 9.90 Å². The molecule has 3 rings (SSSR count). The van der Waals surface area contributed by atoms with Gasteiger partial charge in [-0.05, 0) is 75.2 Å². The SMILES string of the molecule is Cl.O=C(NC1CCC(O)CC1)c1ccc(CC2CCNC2)cc1. The van der Waals surface area contributed by atoms with Crippen molar-refractivity contribution in [2.75, 3.05) is 13.1 Å². The molecule has 23 heavy (non-hydrogen) atoms. The molecule has 0 aromatic heterocycles. The van der Waals surface area contributed by atoms with E-state index in [9.17, 15) is 9.90 Å². The Bertz CT molecular complexity index is 492. The molecular formula is C18H27ClN2O2. The highest BCUT2D eigenvalue weighted by atomic mass is 35.5. The second-order valence-electron chi connectivity index (χ2n) is 6.74. The summed E-state index contributed by atoms with van der Waals surface area (Å²) in [5.41, 5.74) is 2.05. The van der Waals surface area contributed by atoms with Crippen LogP contribution in [0.3, 0.4) is 0 Å². The number of benzene rings is 1. The molecule has 5 heteroatoms. The maximum atomic E-state index is 12.3. The van der Waals surface area contributed by atoms with Gasteiger partial charge in [0.25, 0.3) is 5.91 Å². The van der Waals surface area contributed by atoms with Crippen molar-refractivity contribution in [1.82, 2.24) is 10.6 Å². The summed E-state index contributed by atoms with van der Waals surface area (Å²) in [4.78, 5) is 12.3. The molecule has 1 aromatic rings. The van der Waals surface area contributed by atoms with E-state index in [1.165, 1.54) is 12.0 Å². The third-order valence-electron chi connectivity index (χ3n) is 4.93. The number of amides is 1. The lowest BCUT2D eigenvalue weighted by molar-refractivity contribution is 0.0867. The first kappa shape index (κ1) is 18.2. The number of aliphatic hydroxyl groups is 1. The Morgan fingerprint density at radius 1 is 1.13 bits per heavy atom. The summed E-state index contributed by atoms with van der Waals surface area (Å²) < 4.78 is 0. The number of hydrogen-bond acceptors (Lipinski definition) is 3. The van der Waals surface area contributed by atoms with Crippen LogP contribution in [-0.2, 0) is 6.42 Å². The minimum absolute atomic E-state index is 0. The molecule has 4 nitrogen and oxygen atoms in total. The predicted octanol–water partition coefficient (Wildman–Crippen LogP) is 2.29. The summed E-state index contributed by atoms with van der Waals surface area (Å²) >= 11 is 0. The number of rotatable bonds is 4. The van der Waals surface area contributed by atoms with Crippen LogP contribution in [0, 0.1) is 5.92 Å². The van der Waals surface area contributed by atoms with Crippen LogP contribution in [0.1, 0.15) is 48.0 Å². The van der Waals surface area contributed by atoms with Crippen LogP contribution in [0.2, 0.25) is 0 Å². The zero-order valence-electron chi connectivity index (χ0n) is 13.5. The van der Waals surface area contributed by atoms with E-state index in [4.69, 9.17) is 0 Å². The number of nitrogens with one attached hydrogen (secondary N) is 2. The van der Waals surface area contributed by atoms with Gasteiger partial charge in [0.05, 0.1) is 6.10 Å². The van der Waals surface area contributed by atoms with E-state index in [0.29, 0.717) is 0 Å². The van der Waals surface area contributed by atoms with Crippen molar-refractivity contribution in [3.05, 3.63) is 35.4 Å². The number of halogens is 1. The first-order chi connectivity index (χ1) is 10.7. The van der Waals surface area contributed by atoms with Gasteiger partial charge < -0.3 is 15.7 Å². The van der Waals surface area contributed by atoms with Gasteiger partial charge in [-0.15, -0.1) is 12.4 Å². The van der Waals surface area contributed by atoms with E-state index in [0.717, 1.165) is 56.7 Å². The van der Waals surface area contributed by atoms with Crippen LogP contribution in [0.4, 0.5) is 0 Å². The molecule has 2 fully saturated rings. The topological polar surface area (TPSA) is 61.4 Å². The lowest BCUT2D eigenvalue weighted by Gasteiger charge is -2.26. The first-order valence-corrected chi connectivity index (χ1v) is 8.49. The van der Waals surface area contributed by atoms with Crippen LogP contribution < -0.4 is 10.6 Å². The fourth-order valence-corrected chi connectivity index (χ4v) is 3.50. The minimum atomic E-state index is -0.183. The van der Waals surface area contributed by atoms with Crippen molar-refractivity contribution in [3.8, 4) is 0 Å². The number of carbonyl (C=O) groups excluding carboxylic acids is 1. The highest BCUT2D eigenvalue weighted by molar-refractivity contribution is 5.94. The third-order valence-corrected chi connectivity index (χ3v) is 4.93. The summed E-state index contributed by atoms with van der Waals surface area (Å²) in [7, 11) is 0. The smallest absolute Gasteiger partial charge is 0.251 e. The molecule has 3 N–H and O–H groups in total. The lowest BCUT2D eigenvalue weighted by atomic mass is 9.93. The van der Waals surface area contributed by atoms with Crippen molar-refractivity contribution >= 4 is 18.3 Å². The number of aliphatic hydroxyl groups excluding tert-OH is 1. The minimum Gasteiger partial charge on any atom is -0.393 e. The Balaban J connectivity index is 0.00000192. The van der Waals surface area contributed by atoms with Gasteiger partial charge in [-0.1, -0.05) is 12.1 Å². The van der Waals surface area contributed by atoms with E-state index >= 15 is 0 Å². The third kappa shape index (κ3) is 5.20. The molecule has 1 heterocycles. The number of carbonyl (C=O) groups is 1. The predicted molar refractivity (Wildman–Crippen MR) is 94.1 cm³/mol. The van der Waals surface area contributed by atoms with E-state index in [2.05, 4.69) is 22.8 Å². The molecule has 0 spiro atoms. The van der Waals surface area contributed by atoms with Gasteiger partial charge in [-0.2, -0.15) is 0 Å². The summed E-state index contributed by atoms with van der Waals surface area (Å²) in [6, 6.07) is 8.24. The highest BCUT2D eigenvalue weighted by Crippen LogP contribution is 2.19. The van der Waals surface area contributed by atoms with Crippen molar-refractivity contribution in [2.45, 2.75) is 50.7 Å². The van der Waals surface area contributed by atoms with Gasteiger partial charge >= 0.3 is 0 Å². The van der Waals surface area contributed by atoms with Gasteiger partial charge in [0, 0.05) is 11.6 Å². The first-order valence-electron chi connectivity index (χ1n) is 8.49. The second kappa shape index (κ2) is 8.67. The summed E-state index contributed by atoms with van der Waals surface area (Å²) in [5, 5.41) is 16.0. The molecule has 0 bridgehead atoms. The molecule has 1 aliphatic heterocycles. The molecule has 1 amide bonds. The summed E-state index contributed by atoms with van der Waals surface area (Å²) in [6.45, 7) is 2.23. The van der Waals surface area contributed by atoms with Crippen LogP contribution in [0.5, 0.6) is 0 Å². The molecule has 1 aliphatic carbocycles. The highest BCUT2D eigenvalue weighted by Gasteiger charge is 2.21. The van der Waals surface area contributed by atoms with Gasteiger partial charge in [0.1, 0.15) is 0 Å². The van der Waals surface area contributed by atoms with Gasteiger partial charge in [-0.25, -0.2) is 0 Å². The van der Waals surface area contributed by atoms with Gasteiger partial charge in [0.2, 0.25) is 0 Å². The van der Waals surface area contributed by atoms with Crippen molar-refractivity contribution in [1.29, 1.82) is 0 Å². The van der Waals surface area contributed by atoms with E-state index in [1.807, 2.05) is 12.1 Å². The molecule has 0 radical (unpaired) electrons. The monoisotopic (exact) mass is 338 g/mol. The van der Waals surface area contributed by atoms with Crippen LogP contribution >= 0.6 is 12.4 Å². The summed E-state index contributed by atoms with van der Waals surface area (Å²) in [5.74, 6) is 0.740. The van der Waals surface area contributed by atoms with E-state index in [1.54, 1.807) is 0 Å². The average Bonchev–Trinajstić information content (AvgIpc) is 3.03. The van der Waals surface area contributed by atoms with Gasteiger partial charge in [0.15, 0.2) is 0 Å². The fourth-order valence-electron chi connectivity index (χ4n) is 3.50. The zero-order chi connectivity index (χ0) is 15.4. The van der Waals surface area contributed by atoms with E-state index < -0.39 is 0 Å². The van der Waals surface area contributed by atoms with Crippen molar-refractivity contribution in [3.63, 3.8) is 0 Å². The normalized spacial score (nSPS) is 27.3. The molecule has 1 saturated carbocycles. The maximum absolute atomic E-state index is 12.3. The number of hydrogen-bond donors (Lipinski definition) is 3.